The van der Waals surface area contributed by atoms with Gasteiger partial charge in [-0.2, -0.15) is 0 Å². The molecule has 2 atom stereocenters. The van der Waals surface area contributed by atoms with Crippen molar-refractivity contribution in [1.82, 2.24) is 9.97 Å². The van der Waals surface area contributed by atoms with Gasteiger partial charge in [0.15, 0.2) is 6.23 Å². The molecule has 152 valence electrons. The number of aliphatic hydroxyl groups excluding tert-OH is 1. The first-order valence-electron chi connectivity index (χ1n) is 8.85. The van der Waals surface area contributed by atoms with Gasteiger partial charge in [0.25, 0.3) is 0 Å². The summed E-state index contributed by atoms with van der Waals surface area (Å²) in [6, 6.07) is 6.08. The number of alkyl halides is 2. The van der Waals surface area contributed by atoms with E-state index in [1.807, 2.05) is 0 Å². The molecule has 0 saturated carbocycles. The van der Waals surface area contributed by atoms with Gasteiger partial charge in [0.05, 0.1) is 35.6 Å². The van der Waals surface area contributed by atoms with Gasteiger partial charge in [0.1, 0.15) is 17.4 Å². The van der Waals surface area contributed by atoms with Crippen LogP contribution < -0.4 is 9.64 Å². The maximum Gasteiger partial charge on any atom is 0.241 e. The van der Waals surface area contributed by atoms with Crippen molar-refractivity contribution >= 4 is 16.7 Å². The standard InChI is InChI=1S/C20H17F4N3O2/c1-10-19(18-13(21)7-12(8-14(18)22)29-5-4-17(23)24)27(20(10)28)11-2-3-15-16(6-11)26-9-25-15/h2-3,6-9,17,19-20,28H,1,4-5H2,(H,25,26)/t19-,20?/m1/s1. The predicted molar refractivity (Wildman–Crippen MR) is 98.9 cm³/mol. The fourth-order valence-electron chi connectivity index (χ4n) is 3.42. The van der Waals surface area contributed by atoms with E-state index in [1.54, 1.807) is 18.2 Å². The number of aromatic amines is 1. The number of H-pyrrole nitrogens is 1. The highest BCUT2D eigenvalue weighted by Gasteiger charge is 2.45. The fraction of sp³-hybridized carbons (Fsp3) is 0.250. The third-order valence-corrected chi connectivity index (χ3v) is 4.86. The Balaban J connectivity index is 1.64. The monoisotopic (exact) mass is 407 g/mol. The van der Waals surface area contributed by atoms with Crippen LogP contribution in [0.4, 0.5) is 23.2 Å². The van der Waals surface area contributed by atoms with E-state index in [9.17, 15) is 22.7 Å². The van der Waals surface area contributed by atoms with Crippen molar-refractivity contribution in [3.63, 3.8) is 0 Å². The van der Waals surface area contributed by atoms with Gasteiger partial charge >= 0.3 is 0 Å². The number of hydrogen-bond donors (Lipinski definition) is 2. The van der Waals surface area contributed by atoms with Crippen molar-refractivity contribution in [3.05, 3.63) is 66.0 Å². The maximum atomic E-state index is 14.7. The van der Waals surface area contributed by atoms with E-state index in [4.69, 9.17) is 4.74 Å². The molecule has 2 N–H and O–H groups in total. The molecule has 2 heterocycles. The second-order valence-corrected chi connectivity index (χ2v) is 6.69. The second kappa shape index (κ2) is 7.40. The number of fused-ring (bicyclic) bond motifs is 1. The average Bonchev–Trinajstić information content (AvgIpc) is 3.14. The van der Waals surface area contributed by atoms with Gasteiger partial charge < -0.3 is 19.7 Å². The van der Waals surface area contributed by atoms with Crippen LogP contribution in [0.2, 0.25) is 0 Å². The van der Waals surface area contributed by atoms with Crippen LogP contribution in [0.1, 0.15) is 18.0 Å². The molecule has 5 nitrogen and oxygen atoms in total. The smallest absolute Gasteiger partial charge is 0.241 e. The summed E-state index contributed by atoms with van der Waals surface area (Å²) in [5.74, 6) is -2.01. The molecular formula is C20H17F4N3O2. The Morgan fingerprint density at radius 3 is 2.62 bits per heavy atom. The molecule has 9 heteroatoms. The molecule has 1 saturated heterocycles. The first-order valence-corrected chi connectivity index (χ1v) is 8.85. The van der Waals surface area contributed by atoms with E-state index in [0.717, 1.165) is 17.6 Å². The molecule has 1 aliphatic heterocycles. The van der Waals surface area contributed by atoms with E-state index in [2.05, 4.69) is 16.5 Å². The topological polar surface area (TPSA) is 61.4 Å². The SMILES string of the molecule is C=C1C(O)N(c2ccc3[nH]cnc3c2)[C@H]1c1c(F)cc(OCCC(F)F)cc1F. The summed E-state index contributed by atoms with van der Waals surface area (Å²) in [6.45, 7) is 3.38. The summed E-state index contributed by atoms with van der Waals surface area (Å²) in [5, 5.41) is 10.3. The lowest BCUT2D eigenvalue weighted by Crippen LogP contribution is -2.53. The van der Waals surface area contributed by atoms with Crippen LogP contribution in [0.5, 0.6) is 5.75 Å². The molecule has 2 aromatic carbocycles. The fourth-order valence-corrected chi connectivity index (χ4v) is 3.42. The Morgan fingerprint density at radius 2 is 1.93 bits per heavy atom. The number of aromatic nitrogens is 2. The molecule has 3 aromatic rings. The van der Waals surface area contributed by atoms with Crippen LogP contribution in [-0.2, 0) is 0 Å². The van der Waals surface area contributed by atoms with Crippen molar-refractivity contribution in [3.8, 4) is 5.75 Å². The first-order chi connectivity index (χ1) is 13.9. The highest BCUT2D eigenvalue weighted by Crippen LogP contribution is 2.47. The van der Waals surface area contributed by atoms with Gasteiger partial charge in [-0.3, -0.25) is 0 Å². The Bertz CT molecular complexity index is 1050. The minimum absolute atomic E-state index is 0.181. The zero-order valence-electron chi connectivity index (χ0n) is 15.1. The maximum absolute atomic E-state index is 14.7. The summed E-state index contributed by atoms with van der Waals surface area (Å²) in [7, 11) is 0. The summed E-state index contributed by atoms with van der Waals surface area (Å²) in [5.41, 5.74) is 1.86. The zero-order valence-corrected chi connectivity index (χ0v) is 15.1. The Hall–Kier alpha value is -3.07. The molecule has 1 fully saturated rings. The van der Waals surface area contributed by atoms with E-state index in [1.165, 1.54) is 11.2 Å². The number of rotatable bonds is 6. The highest BCUT2D eigenvalue weighted by atomic mass is 19.3. The van der Waals surface area contributed by atoms with Crippen LogP contribution in [0.15, 0.2) is 48.8 Å². The number of ether oxygens (including phenoxy) is 1. The minimum atomic E-state index is -2.57. The lowest BCUT2D eigenvalue weighted by Gasteiger charge is -2.49. The van der Waals surface area contributed by atoms with E-state index < -0.39 is 36.8 Å². The van der Waals surface area contributed by atoms with Gasteiger partial charge in [-0.25, -0.2) is 22.5 Å². The van der Waals surface area contributed by atoms with E-state index >= 15 is 0 Å². The molecule has 0 amide bonds. The number of imidazole rings is 1. The van der Waals surface area contributed by atoms with Crippen LogP contribution in [0.25, 0.3) is 11.0 Å². The molecule has 1 aliphatic rings. The van der Waals surface area contributed by atoms with E-state index in [-0.39, 0.29) is 23.5 Å². The third kappa shape index (κ3) is 3.42. The van der Waals surface area contributed by atoms with Crippen molar-refractivity contribution < 1.29 is 27.4 Å². The summed E-state index contributed by atoms with van der Waals surface area (Å²) < 4.78 is 58.9. The lowest BCUT2D eigenvalue weighted by molar-refractivity contribution is 0.114. The number of anilines is 1. The van der Waals surface area contributed by atoms with Crippen LogP contribution in [0.3, 0.4) is 0 Å². The molecule has 0 spiro atoms. The molecular weight excluding hydrogens is 390 g/mol. The molecule has 1 unspecified atom stereocenters. The quantitative estimate of drug-likeness (QED) is 0.472. The molecule has 0 aliphatic carbocycles. The first kappa shape index (κ1) is 19.3. The highest BCUT2D eigenvalue weighted by molar-refractivity contribution is 5.80. The Kier molecular flexibility index (Phi) is 4.91. The van der Waals surface area contributed by atoms with Crippen LogP contribution in [-0.4, -0.2) is 34.3 Å². The lowest BCUT2D eigenvalue weighted by atomic mass is 9.86. The molecule has 0 bridgehead atoms. The predicted octanol–water partition coefficient (Wildman–Crippen LogP) is 4.31. The number of hydrogen-bond acceptors (Lipinski definition) is 4. The number of halogens is 4. The number of nitrogens with one attached hydrogen (secondary N) is 1. The number of benzene rings is 2. The van der Waals surface area contributed by atoms with Crippen molar-refractivity contribution in [2.75, 3.05) is 11.5 Å². The zero-order chi connectivity index (χ0) is 20.7. The van der Waals surface area contributed by atoms with Crippen LogP contribution >= 0.6 is 0 Å². The second-order valence-electron chi connectivity index (χ2n) is 6.69. The normalized spacial score (nSPS) is 19.1. The minimum Gasteiger partial charge on any atom is -0.493 e. The van der Waals surface area contributed by atoms with Crippen molar-refractivity contribution in [2.24, 2.45) is 0 Å². The van der Waals surface area contributed by atoms with Gasteiger partial charge in [0, 0.05) is 24.2 Å². The molecule has 4 rings (SSSR count). The molecule has 0 radical (unpaired) electrons. The van der Waals surface area contributed by atoms with Gasteiger partial charge in [-0.1, -0.05) is 6.58 Å². The van der Waals surface area contributed by atoms with Crippen molar-refractivity contribution in [2.45, 2.75) is 25.1 Å². The van der Waals surface area contributed by atoms with E-state index in [0.29, 0.717) is 11.2 Å². The molecule has 1 aromatic heterocycles. The molecule has 29 heavy (non-hydrogen) atoms. The summed E-state index contributed by atoms with van der Waals surface area (Å²) in [6.07, 6.45) is -2.70. The van der Waals surface area contributed by atoms with Crippen molar-refractivity contribution in [1.29, 1.82) is 0 Å². The van der Waals surface area contributed by atoms with Gasteiger partial charge in [-0.15, -0.1) is 0 Å². The third-order valence-electron chi connectivity index (χ3n) is 4.86. The Labute approximate surface area is 163 Å². The van der Waals surface area contributed by atoms with Crippen LogP contribution in [0, 0.1) is 11.6 Å². The van der Waals surface area contributed by atoms with Gasteiger partial charge in [-0.05, 0) is 23.8 Å². The Morgan fingerprint density at radius 1 is 1.21 bits per heavy atom. The number of nitrogens with zero attached hydrogens (tertiary/aromatic N) is 2. The summed E-state index contributed by atoms with van der Waals surface area (Å²) >= 11 is 0. The number of aliphatic hydroxyl groups is 1. The summed E-state index contributed by atoms with van der Waals surface area (Å²) in [4.78, 5) is 8.51. The average molecular weight is 407 g/mol. The van der Waals surface area contributed by atoms with Gasteiger partial charge in [0.2, 0.25) is 6.43 Å². The largest absolute Gasteiger partial charge is 0.493 e.